The van der Waals surface area contributed by atoms with Crippen LogP contribution in [0.5, 0.6) is 5.75 Å². The molecule has 1 aliphatic heterocycles. The molecule has 5 heteroatoms. The van der Waals surface area contributed by atoms with Gasteiger partial charge in [-0.2, -0.15) is 0 Å². The predicted octanol–water partition coefficient (Wildman–Crippen LogP) is 6.18. The Kier molecular flexibility index (Phi) is 7.27. The molecule has 2 aromatic carbocycles. The minimum absolute atomic E-state index is 0.732. The molecule has 0 radical (unpaired) electrons. The van der Waals surface area contributed by atoms with Crippen molar-refractivity contribution in [3.8, 4) is 17.0 Å². The Labute approximate surface area is 201 Å². The third kappa shape index (κ3) is 5.42. The molecule has 1 unspecified atom stereocenters. The van der Waals surface area contributed by atoms with Crippen molar-refractivity contribution in [3.63, 3.8) is 0 Å². The molecule has 172 valence electrons. The summed E-state index contributed by atoms with van der Waals surface area (Å²) in [5.41, 5.74) is 6.29. The zero-order chi connectivity index (χ0) is 22.5. The van der Waals surface area contributed by atoms with Gasteiger partial charge in [-0.1, -0.05) is 42.1 Å². The fourth-order valence-corrected chi connectivity index (χ4v) is 6.02. The summed E-state index contributed by atoms with van der Waals surface area (Å²) < 4.78 is 6.01. The van der Waals surface area contributed by atoms with Crippen LogP contribution in [0.3, 0.4) is 0 Å². The summed E-state index contributed by atoms with van der Waals surface area (Å²) in [6, 6.07) is 19.8. The van der Waals surface area contributed by atoms with Gasteiger partial charge in [0.05, 0.1) is 12.3 Å². The van der Waals surface area contributed by atoms with Crippen LogP contribution in [0.25, 0.3) is 11.3 Å². The largest absolute Gasteiger partial charge is 0.494 e. The van der Waals surface area contributed by atoms with E-state index in [0.29, 0.717) is 0 Å². The normalized spacial score (nSPS) is 17.9. The molecule has 0 N–H and O–H groups in total. The Hall–Kier alpha value is -2.37. The summed E-state index contributed by atoms with van der Waals surface area (Å²) in [5.74, 6) is 1.87. The zero-order valence-corrected chi connectivity index (χ0v) is 20.3. The first-order valence-electron chi connectivity index (χ1n) is 12.3. The first-order chi connectivity index (χ1) is 16.3. The quantitative estimate of drug-likeness (QED) is 0.282. The number of nitrogens with zero attached hydrogens (tertiary/aromatic N) is 3. The highest BCUT2D eigenvalue weighted by molar-refractivity contribution is 7.98. The van der Waals surface area contributed by atoms with E-state index in [1.54, 1.807) is 0 Å². The number of thioether (sulfide) groups is 1. The first kappa shape index (κ1) is 22.4. The molecule has 4 nitrogen and oxygen atoms in total. The van der Waals surface area contributed by atoms with Crippen molar-refractivity contribution < 1.29 is 4.74 Å². The lowest BCUT2D eigenvalue weighted by Crippen LogP contribution is -2.28. The molecule has 1 atom stereocenters. The van der Waals surface area contributed by atoms with Crippen LogP contribution in [0, 0.1) is 0 Å². The maximum absolute atomic E-state index is 6.01. The molecule has 0 amide bonds. The van der Waals surface area contributed by atoms with E-state index in [-0.39, 0.29) is 0 Å². The van der Waals surface area contributed by atoms with Crippen LogP contribution in [0.15, 0.2) is 59.6 Å². The lowest BCUT2D eigenvalue weighted by Gasteiger charge is -2.20. The van der Waals surface area contributed by atoms with Crippen LogP contribution in [0.4, 0.5) is 0 Å². The van der Waals surface area contributed by atoms with E-state index >= 15 is 0 Å². The van der Waals surface area contributed by atoms with Crippen molar-refractivity contribution in [3.05, 3.63) is 71.3 Å². The second-order valence-corrected chi connectivity index (χ2v) is 10.2. The number of likely N-dealkylation sites (tertiary alicyclic amines) is 1. The van der Waals surface area contributed by atoms with Crippen LogP contribution in [-0.2, 0) is 18.6 Å². The molecule has 5 rings (SSSR count). The van der Waals surface area contributed by atoms with Crippen LogP contribution in [0.2, 0.25) is 0 Å². The van der Waals surface area contributed by atoms with E-state index in [1.165, 1.54) is 42.5 Å². The van der Waals surface area contributed by atoms with Gasteiger partial charge >= 0.3 is 0 Å². The summed E-state index contributed by atoms with van der Waals surface area (Å²) in [6.07, 6.45) is 7.13. The molecule has 33 heavy (non-hydrogen) atoms. The average Bonchev–Trinajstić information content (AvgIpc) is 3.51. The lowest BCUT2D eigenvalue weighted by atomic mass is 10.0. The highest BCUT2D eigenvalue weighted by Crippen LogP contribution is 2.36. The maximum atomic E-state index is 6.01. The summed E-state index contributed by atoms with van der Waals surface area (Å²) in [5, 5.41) is 10.4. The van der Waals surface area contributed by atoms with Gasteiger partial charge in [0, 0.05) is 23.9 Å². The molecule has 0 saturated carbocycles. The smallest absolute Gasteiger partial charge is 0.123 e. The minimum atomic E-state index is 0.732. The fourth-order valence-electron chi connectivity index (χ4n) is 5.02. The van der Waals surface area contributed by atoms with E-state index in [0.717, 1.165) is 66.2 Å². The Morgan fingerprint density at radius 3 is 2.58 bits per heavy atom. The van der Waals surface area contributed by atoms with Gasteiger partial charge in [0.25, 0.3) is 0 Å². The Morgan fingerprint density at radius 2 is 1.79 bits per heavy atom. The van der Waals surface area contributed by atoms with E-state index in [9.17, 15) is 0 Å². The fraction of sp³-hybridized carbons (Fsp3) is 0.429. The second kappa shape index (κ2) is 10.7. The van der Waals surface area contributed by atoms with Crippen molar-refractivity contribution in [2.24, 2.45) is 0 Å². The van der Waals surface area contributed by atoms with Gasteiger partial charge in [-0.3, -0.25) is 0 Å². The maximum Gasteiger partial charge on any atom is 0.123 e. The van der Waals surface area contributed by atoms with Gasteiger partial charge in [0.1, 0.15) is 10.8 Å². The average molecular weight is 460 g/mol. The Balaban J connectivity index is 1.20. The highest BCUT2D eigenvalue weighted by Gasteiger charge is 2.22. The topological polar surface area (TPSA) is 38.2 Å². The lowest BCUT2D eigenvalue weighted by molar-refractivity contribution is 0.230. The van der Waals surface area contributed by atoms with Crippen molar-refractivity contribution in [2.45, 2.75) is 62.3 Å². The summed E-state index contributed by atoms with van der Waals surface area (Å²) in [6.45, 7) is 5.48. The summed E-state index contributed by atoms with van der Waals surface area (Å²) in [7, 11) is 0. The number of hydrogen-bond acceptors (Lipinski definition) is 5. The molecule has 0 spiro atoms. The van der Waals surface area contributed by atoms with Gasteiger partial charge in [-0.25, -0.2) is 0 Å². The SMILES string of the molecule is CC1CCCN1CCCOc1ccc(-c2nnc(SCc3ccccc3)c3c2CCC3)cc1. The number of aromatic nitrogens is 2. The van der Waals surface area contributed by atoms with Gasteiger partial charge in [-0.15, -0.1) is 10.2 Å². The second-order valence-electron chi connectivity index (χ2n) is 9.19. The number of fused-ring (bicyclic) bond motifs is 1. The number of ether oxygens (including phenoxy) is 1. The van der Waals surface area contributed by atoms with E-state index < -0.39 is 0 Å². The van der Waals surface area contributed by atoms with Crippen molar-refractivity contribution in [1.82, 2.24) is 15.1 Å². The first-order valence-corrected chi connectivity index (χ1v) is 13.3. The molecule has 2 aliphatic rings. The molecule has 2 heterocycles. The molecule has 1 saturated heterocycles. The monoisotopic (exact) mass is 459 g/mol. The molecule has 0 bridgehead atoms. The number of benzene rings is 2. The number of rotatable bonds is 9. The van der Waals surface area contributed by atoms with Gasteiger partial charge in [0.15, 0.2) is 0 Å². The molecule has 1 fully saturated rings. The van der Waals surface area contributed by atoms with Crippen molar-refractivity contribution in [2.75, 3.05) is 19.7 Å². The standard InChI is InChI=1S/C28H33N3OS/c1-21-8-6-17-31(21)18-7-19-32-24-15-13-23(14-16-24)27-25-11-5-12-26(25)28(30-29-27)33-20-22-9-3-2-4-10-22/h2-4,9-10,13-16,21H,5-8,11-12,17-20H2,1H3. The van der Waals surface area contributed by atoms with Crippen LogP contribution >= 0.6 is 11.8 Å². The van der Waals surface area contributed by atoms with Gasteiger partial charge < -0.3 is 9.64 Å². The van der Waals surface area contributed by atoms with Crippen LogP contribution in [-0.4, -0.2) is 40.8 Å². The van der Waals surface area contributed by atoms with Crippen LogP contribution < -0.4 is 4.74 Å². The van der Waals surface area contributed by atoms with Crippen LogP contribution in [0.1, 0.15) is 49.3 Å². The highest BCUT2D eigenvalue weighted by atomic mass is 32.2. The number of hydrogen-bond donors (Lipinski definition) is 0. The molecule has 3 aromatic rings. The van der Waals surface area contributed by atoms with Gasteiger partial charge in [-0.05, 0) is 92.9 Å². The van der Waals surface area contributed by atoms with E-state index in [4.69, 9.17) is 4.74 Å². The Morgan fingerprint density at radius 1 is 0.970 bits per heavy atom. The molecule has 1 aliphatic carbocycles. The zero-order valence-electron chi connectivity index (χ0n) is 19.5. The van der Waals surface area contributed by atoms with E-state index in [2.05, 4.69) is 76.6 Å². The predicted molar refractivity (Wildman–Crippen MR) is 136 cm³/mol. The molecular formula is C28H33N3OS. The van der Waals surface area contributed by atoms with Crippen molar-refractivity contribution >= 4 is 11.8 Å². The van der Waals surface area contributed by atoms with Gasteiger partial charge in [0.2, 0.25) is 0 Å². The Bertz CT molecular complexity index is 1050. The third-order valence-electron chi connectivity index (χ3n) is 6.90. The summed E-state index contributed by atoms with van der Waals surface area (Å²) in [4.78, 5) is 2.58. The minimum Gasteiger partial charge on any atom is -0.494 e. The molecular weight excluding hydrogens is 426 g/mol. The molecule has 1 aromatic heterocycles. The third-order valence-corrected chi connectivity index (χ3v) is 7.98. The van der Waals surface area contributed by atoms with Crippen molar-refractivity contribution in [1.29, 1.82) is 0 Å². The summed E-state index contributed by atoms with van der Waals surface area (Å²) >= 11 is 1.81. The van der Waals surface area contributed by atoms with E-state index in [1.807, 2.05) is 11.8 Å².